The van der Waals surface area contributed by atoms with Gasteiger partial charge in [-0.25, -0.2) is 0 Å². The SMILES string of the molecule is CCc1ccccc1CNOCc1ccccc1. The summed E-state index contributed by atoms with van der Waals surface area (Å²) in [5, 5.41) is 0. The fourth-order valence-corrected chi connectivity index (χ4v) is 1.91. The zero-order chi connectivity index (χ0) is 12.6. The lowest BCUT2D eigenvalue weighted by molar-refractivity contribution is 0.0234. The van der Waals surface area contributed by atoms with Crippen LogP contribution in [0.1, 0.15) is 23.6 Å². The van der Waals surface area contributed by atoms with E-state index in [1.165, 1.54) is 16.7 Å². The second-order valence-electron chi connectivity index (χ2n) is 4.22. The van der Waals surface area contributed by atoms with Gasteiger partial charge in [0.05, 0.1) is 6.61 Å². The van der Waals surface area contributed by atoms with Crippen molar-refractivity contribution in [2.75, 3.05) is 0 Å². The summed E-state index contributed by atoms with van der Waals surface area (Å²) in [7, 11) is 0. The van der Waals surface area contributed by atoms with E-state index in [2.05, 4.69) is 48.8 Å². The Balaban J connectivity index is 1.78. The van der Waals surface area contributed by atoms with Gasteiger partial charge in [-0.2, -0.15) is 5.48 Å². The lowest BCUT2D eigenvalue weighted by Crippen LogP contribution is -2.14. The molecule has 0 atom stereocenters. The van der Waals surface area contributed by atoms with E-state index in [1.807, 2.05) is 18.2 Å². The molecule has 2 heteroatoms. The topological polar surface area (TPSA) is 21.3 Å². The van der Waals surface area contributed by atoms with E-state index >= 15 is 0 Å². The van der Waals surface area contributed by atoms with Crippen molar-refractivity contribution in [2.24, 2.45) is 0 Å². The van der Waals surface area contributed by atoms with E-state index in [-0.39, 0.29) is 0 Å². The first-order chi connectivity index (χ1) is 8.90. The van der Waals surface area contributed by atoms with Crippen LogP contribution in [0.5, 0.6) is 0 Å². The van der Waals surface area contributed by atoms with Crippen molar-refractivity contribution in [2.45, 2.75) is 26.5 Å². The molecule has 1 N–H and O–H groups in total. The van der Waals surface area contributed by atoms with Crippen molar-refractivity contribution >= 4 is 0 Å². The largest absolute Gasteiger partial charge is 0.297 e. The number of nitrogens with one attached hydrogen (secondary N) is 1. The fourth-order valence-electron chi connectivity index (χ4n) is 1.91. The minimum Gasteiger partial charge on any atom is -0.297 e. The average Bonchev–Trinajstić information content (AvgIpc) is 2.45. The molecule has 0 saturated heterocycles. The molecule has 0 heterocycles. The molecule has 0 spiro atoms. The van der Waals surface area contributed by atoms with Crippen molar-refractivity contribution < 1.29 is 4.84 Å². The highest BCUT2D eigenvalue weighted by atomic mass is 16.6. The molecule has 0 aliphatic heterocycles. The Hall–Kier alpha value is -1.64. The summed E-state index contributed by atoms with van der Waals surface area (Å²) in [5.41, 5.74) is 6.87. The van der Waals surface area contributed by atoms with Crippen LogP contribution in [0.2, 0.25) is 0 Å². The molecule has 0 fully saturated rings. The minimum absolute atomic E-state index is 0.592. The first-order valence-electron chi connectivity index (χ1n) is 6.35. The van der Waals surface area contributed by atoms with Crippen molar-refractivity contribution in [3.05, 3.63) is 71.3 Å². The van der Waals surface area contributed by atoms with E-state index in [0.29, 0.717) is 6.61 Å². The number of hydroxylamine groups is 1. The summed E-state index contributed by atoms with van der Waals surface area (Å²) in [4.78, 5) is 5.47. The maximum Gasteiger partial charge on any atom is 0.0933 e. The fraction of sp³-hybridized carbons (Fsp3) is 0.250. The van der Waals surface area contributed by atoms with Gasteiger partial charge in [-0.1, -0.05) is 61.5 Å². The lowest BCUT2D eigenvalue weighted by Gasteiger charge is -2.09. The molecular formula is C16H19NO. The summed E-state index contributed by atoms with van der Waals surface area (Å²) in [6.45, 7) is 3.51. The Morgan fingerprint density at radius 2 is 1.56 bits per heavy atom. The monoisotopic (exact) mass is 241 g/mol. The third-order valence-corrected chi connectivity index (χ3v) is 2.95. The molecule has 0 saturated carbocycles. The molecule has 0 aliphatic carbocycles. The highest BCUT2D eigenvalue weighted by molar-refractivity contribution is 5.26. The zero-order valence-corrected chi connectivity index (χ0v) is 10.7. The third kappa shape index (κ3) is 3.69. The van der Waals surface area contributed by atoms with Crippen LogP contribution in [-0.2, 0) is 24.4 Å². The van der Waals surface area contributed by atoms with Gasteiger partial charge in [0.25, 0.3) is 0 Å². The molecule has 0 amide bonds. The Labute approximate surface area is 109 Å². The van der Waals surface area contributed by atoms with E-state index in [0.717, 1.165) is 13.0 Å². The van der Waals surface area contributed by atoms with Crippen LogP contribution in [0.3, 0.4) is 0 Å². The van der Waals surface area contributed by atoms with Gasteiger partial charge in [0, 0.05) is 6.54 Å². The zero-order valence-electron chi connectivity index (χ0n) is 10.7. The molecular weight excluding hydrogens is 222 g/mol. The number of aryl methyl sites for hydroxylation is 1. The molecule has 0 unspecified atom stereocenters. The minimum atomic E-state index is 0.592. The van der Waals surface area contributed by atoms with Crippen molar-refractivity contribution in [3.63, 3.8) is 0 Å². The maximum absolute atomic E-state index is 5.47. The molecule has 0 aromatic heterocycles. The summed E-state index contributed by atoms with van der Waals surface area (Å²) < 4.78 is 0. The molecule has 2 rings (SSSR count). The van der Waals surface area contributed by atoms with Gasteiger partial charge < -0.3 is 0 Å². The van der Waals surface area contributed by atoms with Gasteiger partial charge in [-0.3, -0.25) is 4.84 Å². The maximum atomic E-state index is 5.47. The summed E-state index contributed by atoms with van der Waals surface area (Å²) in [5.74, 6) is 0. The van der Waals surface area contributed by atoms with Gasteiger partial charge in [0.15, 0.2) is 0 Å². The quantitative estimate of drug-likeness (QED) is 0.617. The van der Waals surface area contributed by atoms with E-state index < -0.39 is 0 Å². The molecule has 0 radical (unpaired) electrons. The molecule has 0 aliphatic rings. The van der Waals surface area contributed by atoms with E-state index in [9.17, 15) is 0 Å². The Kier molecular flexibility index (Phi) is 4.94. The molecule has 94 valence electrons. The van der Waals surface area contributed by atoms with E-state index in [4.69, 9.17) is 4.84 Å². The highest BCUT2D eigenvalue weighted by Crippen LogP contribution is 2.09. The first-order valence-corrected chi connectivity index (χ1v) is 6.35. The Bertz CT molecular complexity index is 468. The Morgan fingerprint density at radius 3 is 2.28 bits per heavy atom. The average molecular weight is 241 g/mol. The van der Waals surface area contributed by atoms with Gasteiger partial charge in [0.2, 0.25) is 0 Å². The summed E-state index contributed by atoms with van der Waals surface area (Å²) >= 11 is 0. The smallest absolute Gasteiger partial charge is 0.0933 e. The second kappa shape index (κ2) is 6.94. The van der Waals surface area contributed by atoms with Crippen molar-refractivity contribution in [1.29, 1.82) is 0 Å². The van der Waals surface area contributed by atoms with E-state index in [1.54, 1.807) is 0 Å². The number of benzene rings is 2. The number of hydrogen-bond acceptors (Lipinski definition) is 2. The number of rotatable bonds is 6. The number of hydrogen-bond donors (Lipinski definition) is 1. The molecule has 2 nitrogen and oxygen atoms in total. The second-order valence-corrected chi connectivity index (χ2v) is 4.22. The van der Waals surface area contributed by atoms with Crippen LogP contribution in [0, 0.1) is 0 Å². The predicted molar refractivity (Wildman–Crippen MR) is 73.9 cm³/mol. The van der Waals surface area contributed by atoms with Gasteiger partial charge in [-0.05, 0) is 23.1 Å². The third-order valence-electron chi connectivity index (χ3n) is 2.95. The Morgan fingerprint density at radius 1 is 0.889 bits per heavy atom. The van der Waals surface area contributed by atoms with Crippen LogP contribution in [-0.4, -0.2) is 0 Å². The highest BCUT2D eigenvalue weighted by Gasteiger charge is 1.99. The van der Waals surface area contributed by atoms with Crippen LogP contribution in [0.4, 0.5) is 0 Å². The van der Waals surface area contributed by atoms with Crippen molar-refractivity contribution in [1.82, 2.24) is 5.48 Å². The van der Waals surface area contributed by atoms with Crippen molar-refractivity contribution in [3.8, 4) is 0 Å². The van der Waals surface area contributed by atoms with Crippen LogP contribution in [0.25, 0.3) is 0 Å². The molecule has 2 aromatic carbocycles. The summed E-state index contributed by atoms with van der Waals surface area (Å²) in [6, 6.07) is 18.6. The standard InChI is InChI=1S/C16H19NO/c1-2-15-10-6-7-11-16(15)12-17-18-13-14-8-4-3-5-9-14/h3-11,17H,2,12-13H2,1H3. The van der Waals surface area contributed by atoms with Gasteiger partial charge >= 0.3 is 0 Å². The molecule has 18 heavy (non-hydrogen) atoms. The normalized spacial score (nSPS) is 10.5. The molecule has 2 aromatic rings. The van der Waals surface area contributed by atoms with Crippen LogP contribution >= 0.6 is 0 Å². The van der Waals surface area contributed by atoms with Crippen LogP contribution in [0.15, 0.2) is 54.6 Å². The molecule has 0 bridgehead atoms. The van der Waals surface area contributed by atoms with Gasteiger partial charge in [0.1, 0.15) is 0 Å². The van der Waals surface area contributed by atoms with Gasteiger partial charge in [-0.15, -0.1) is 0 Å². The summed E-state index contributed by atoms with van der Waals surface area (Å²) in [6.07, 6.45) is 1.05. The first kappa shape index (κ1) is 12.8. The predicted octanol–water partition coefficient (Wildman–Crippen LogP) is 3.47. The lowest BCUT2D eigenvalue weighted by atomic mass is 10.1. The van der Waals surface area contributed by atoms with Crippen LogP contribution < -0.4 is 5.48 Å².